The van der Waals surface area contributed by atoms with Gasteiger partial charge in [0.2, 0.25) is 10.0 Å². The van der Waals surface area contributed by atoms with Gasteiger partial charge in [-0.3, -0.25) is 4.90 Å². The molecular weight excluding hydrogens is 438 g/mol. The molecule has 0 radical (unpaired) electrons. The van der Waals surface area contributed by atoms with Gasteiger partial charge in [0, 0.05) is 32.7 Å². The number of hydrogen-bond acceptors (Lipinski definition) is 6. The number of sulfonamides is 1. The third-order valence-electron chi connectivity index (χ3n) is 4.94. The van der Waals surface area contributed by atoms with E-state index in [1.54, 1.807) is 12.1 Å². The lowest BCUT2D eigenvalue weighted by Crippen LogP contribution is -2.49. The maximum Gasteiger partial charge on any atom is 0.243 e. The Morgan fingerprint density at radius 1 is 0.900 bits per heavy atom. The molecule has 2 aromatic carbocycles. The van der Waals surface area contributed by atoms with Crippen molar-refractivity contribution in [1.82, 2.24) is 9.21 Å². The van der Waals surface area contributed by atoms with Gasteiger partial charge in [-0.05, 0) is 36.4 Å². The van der Waals surface area contributed by atoms with Gasteiger partial charge >= 0.3 is 0 Å². The molecule has 0 aliphatic carbocycles. The SMILES string of the molecule is COc1cccc(S(=O)(=O)CCN2CCN(S(=O)(=O)c3ccc(F)c(F)c3)CC2)c1. The number of rotatable bonds is 7. The van der Waals surface area contributed by atoms with Crippen molar-refractivity contribution in [2.75, 3.05) is 45.6 Å². The Morgan fingerprint density at radius 3 is 2.23 bits per heavy atom. The van der Waals surface area contributed by atoms with Gasteiger partial charge in [-0.2, -0.15) is 4.31 Å². The number of ether oxygens (including phenoxy) is 1. The van der Waals surface area contributed by atoms with Crippen molar-refractivity contribution in [3.63, 3.8) is 0 Å². The molecule has 11 heteroatoms. The standard InChI is InChI=1S/C19H22F2N2O5S2/c1-28-15-3-2-4-16(13-15)29(24,25)12-11-22-7-9-23(10-8-22)30(26,27)17-5-6-18(20)19(21)14-17/h2-6,13-14H,7-12H2,1H3. The van der Waals surface area contributed by atoms with Crippen LogP contribution >= 0.6 is 0 Å². The first-order chi connectivity index (χ1) is 14.1. The number of sulfone groups is 1. The summed E-state index contributed by atoms with van der Waals surface area (Å²) in [6.45, 7) is 1.16. The fraction of sp³-hybridized carbons (Fsp3) is 0.368. The van der Waals surface area contributed by atoms with Gasteiger partial charge in [0.1, 0.15) is 5.75 Å². The van der Waals surface area contributed by atoms with E-state index < -0.39 is 31.5 Å². The van der Waals surface area contributed by atoms with E-state index in [4.69, 9.17) is 4.74 Å². The molecule has 0 spiro atoms. The van der Waals surface area contributed by atoms with E-state index in [1.807, 2.05) is 4.90 Å². The summed E-state index contributed by atoms with van der Waals surface area (Å²) in [6.07, 6.45) is 0. The molecule has 1 aliphatic rings. The van der Waals surface area contributed by atoms with Crippen LogP contribution in [0.2, 0.25) is 0 Å². The summed E-state index contributed by atoms with van der Waals surface area (Å²) in [5, 5.41) is 0. The van der Waals surface area contributed by atoms with Crippen LogP contribution in [0.25, 0.3) is 0 Å². The molecule has 164 valence electrons. The van der Waals surface area contributed by atoms with Gasteiger partial charge in [0.15, 0.2) is 21.5 Å². The van der Waals surface area contributed by atoms with Crippen LogP contribution in [0.1, 0.15) is 0 Å². The van der Waals surface area contributed by atoms with Gasteiger partial charge in [-0.1, -0.05) is 6.07 Å². The van der Waals surface area contributed by atoms with Crippen LogP contribution in [0.4, 0.5) is 8.78 Å². The lowest BCUT2D eigenvalue weighted by molar-refractivity contribution is 0.197. The quantitative estimate of drug-likeness (QED) is 0.626. The van der Waals surface area contributed by atoms with E-state index in [0.29, 0.717) is 24.9 Å². The predicted molar refractivity (Wildman–Crippen MR) is 107 cm³/mol. The first-order valence-corrected chi connectivity index (χ1v) is 12.3. The highest BCUT2D eigenvalue weighted by molar-refractivity contribution is 7.91. The fourth-order valence-corrected chi connectivity index (χ4v) is 5.89. The summed E-state index contributed by atoms with van der Waals surface area (Å²) in [7, 11) is -6.01. The fourth-order valence-electron chi connectivity index (χ4n) is 3.14. The highest BCUT2D eigenvalue weighted by atomic mass is 32.2. The average Bonchev–Trinajstić information content (AvgIpc) is 2.74. The lowest BCUT2D eigenvalue weighted by Gasteiger charge is -2.33. The molecule has 0 bridgehead atoms. The van der Waals surface area contributed by atoms with Crippen molar-refractivity contribution < 1.29 is 30.4 Å². The molecule has 0 atom stereocenters. The summed E-state index contributed by atoms with van der Waals surface area (Å²) in [5.41, 5.74) is 0. The van der Waals surface area contributed by atoms with Crippen molar-refractivity contribution in [3.05, 3.63) is 54.1 Å². The molecule has 1 heterocycles. The molecular formula is C19H22F2N2O5S2. The van der Waals surface area contributed by atoms with Gasteiger partial charge in [-0.15, -0.1) is 0 Å². The molecule has 0 unspecified atom stereocenters. The van der Waals surface area contributed by atoms with Crippen LogP contribution in [0.5, 0.6) is 5.75 Å². The molecule has 1 saturated heterocycles. The summed E-state index contributed by atoms with van der Waals surface area (Å²) in [6, 6.07) is 8.70. The Bertz CT molecular complexity index is 1120. The monoisotopic (exact) mass is 460 g/mol. The van der Waals surface area contributed by atoms with Gasteiger partial charge in [0.05, 0.1) is 22.7 Å². The van der Waals surface area contributed by atoms with E-state index in [9.17, 15) is 25.6 Å². The van der Waals surface area contributed by atoms with E-state index >= 15 is 0 Å². The topological polar surface area (TPSA) is 84.0 Å². The van der Waals surface area contributed by atoms with Crippen LogP contribution in [-0.2, 0) is 19.9 Å². The minimum atomic E-state index is -3.95. The van der Waals surface area contributed by atoms with E-state index in [0.717, 1.165) is 12.1 Å². The summed E-state index contributed by atoms with van der Waals surface area (Å²) >= 11 is 0. The normalized spacial score (nSPS) is 16.5. The molecule has 1 aliphatic heterocycles. The van der Waals surface area contributed by atoms with Crippen molar-refractivity contribution >= 4 is 19.9 Å². The van der Waals surface area contributed by atoms with Crippen molar-refractivity contribution in [1.29, 1.82) is 0 Å². The third-order valence-corrected chi connectivity index (χ3v) is 8.52. The van der Waals surface area contributed by atoms with Crippen LogP contribution in [0, 0.1) is 11.6 Å². The Balaban J connectivity index is 1.59. The van der Waals surface area contributed by atoms with Gasteiger partial charge < -0.3 is 4.74 Å². The average molecular weight is 461 g/mol. The molecule has 0 N–H and O–H groups in total. The smallest absolute Gasteiger partial charge is 0.243 e. The minimum absolute atomic E-state index is 0.115. The zero-order valence-electron chi connectivity index (χ0n) is 16.3. The Kier molecular flexibility index (Phi) is 6.75. The summed E-state index contributed by atoms with van der Waals surface area (Å²) in [5.74, 6) is -2.00. The second-order valence-electron chi connectivity index (χ2n) is 6.82. The zero-order valence-corrected chi connectivity index (χ0v) is 17.9. The van der Waals surface area contributed by atoms with Crippen LogP contribution in [-0.4, -0.2) is 71.6 Å². The van der Waals surface area contributed by atoms with Crippen LogP contribution in [0.3, 0.4) is 0 Å². The Morgan fingerprint density at radius 2 is 1.60 bits per heavy atom. The maximum atomic E-state index is 13.4. The second-order valence-corrected chi connectivity index (χ2v) is 10.9. The number of hydrogen-bond donors (Lipinski definition) is 0. The number of nitrogens with zero attached hydrogens (tertiary/aromatic N) is 2. The van der Waals surface area contributed by atoms with E-state index in [2.05, 4.69) is 0 Å². The number of benzene rings is 2. The molecule has 0 aromatic heterocycles. The largest absolute Gasteiger partial charge is 0.497 e. The van der Waals surface area contributed by atoms with Crippen molar-refractivity contribution in [3.8, 4) is 5.75 Å². The van der Waals surface area contributed by atoms with Gasteiger partial charge in [0.25, 0.3) is 0 Å². The van der Waals surface area contributed by atoms with Gasteiger partial charge in [-0.25, -0.2) is 25.6 Å². The molecule has 1 fully saturated rings. The van der Waals surface area contributed by atoms with Crippen LogP contribution in [0.15, 0.2) is 52.3 Å². The molecule has 0 saturated carbocycles. The Labute approximate surface area is 174 Å². The summed E-state index contributed by atoms with van der Waals surface area (Å²) < 4.78 is 83.1. The predicted octanol–water partition coefficient (Wildman–Crippen LogP) is 1.75. The first kappa shape index (κ1) is 22.6. The zero-order chi connectivity index (χ0) is 21.9. The molecule has 30 heavy (non-hydrogen) atoms. The number of methoxy groups -OCH3 is 1. The maximum absolute atomic E-state index is 13.4. The number of piperazine rings is 1. The van der Waals surface area contributed by atoms with Crippen LogP contribution < -0.4 is 4.74 Å². The van der Waals surface area contributed by atoms with Crippen molar-refractivity contribution in [2.45, 2.75) is 9.79 Å². The third kappa shape index (κ3) is 4.97. The molecule has 7 nitrogen and oxygen atoms in total. The number of halogens is 2. The van der Waals surface area contributed by atoms with Crippen molar-refractivity contribution in [2.24, 2.45) is 0 Å². The summed E-state index contributed by atoms with van der Waals surface area (Å²) in [4.78, 5) is 1.71. The molecule has 3 rings (SSSR count). The Hall–Kier alpha value is -2.08. The molecule has 2 aromatic rings. The van der Waals surface area contributed by atoms with E-state index in [1.165, 1.54) is 23.5 Å². The highest BCUT2D eigenvalue weighted by Crippen LogP contribution is 2.21. The lowest BCUT2D eigenvalue weighted by atomic mass is 10.3. The second kappa shape index (κ2) is 8.96. The van der Waals surface area contributed by atoms with E-state index in [-0.39, 0.29) is 35.2 Å². The first-order valence-electron chi connectivity index (χ1n) is 9.18. The minimum Gasteiger partial charge on any atom is -0.497 e. The highest BCUT2D eigenvalue weighted by Gasteiger charge is 2.29. The molecule has 0 amide bonds.